The summed E-state index contributed by atoms with van der Waals surface area (Å²) in [4.78, 5) is 20.1. The number of cyclic esters (lactones) is 1. The van der Waals surface area contributed by atoms with Gasteiger partial charge >= 0.3 is 12.3 Å². The summed E-state index contributed by atoms with van der Waals surface area (Å²) in [6, 6.07) is 11.6. The molecule has 0 aliphatic carbocycles. The van der Waals surface area contributed by atoms with Crippen LogP contribution in [0, 0.1) is 5.82 Å². The molecule has 0 N–H and O–H groups in total. The fraction of sp³-hybridized carbons (Fsp3) is 0.333. The van der Waals surface area contributed by atoms with Gasteiger partial charge in [0.05, 0.1) is 44.0 Å². The summed E-state index contributed by atoms with van der Waals surface area (Å²) in [7, 11) is 1.49. The number of pyridine rings is 1. The zero-order chi connectivity index (χ0) is 28.1. The minimum Gasteiger partial charge on any atom is -0.496 e. The molecule has 0 radical (unpaired) electrons. The van der Waals surface area contributed by atoms with Gasteiger partial charge in [0.25, 0.3) is 5.92 Å². The van der Waals surface area contributed by atoms with E-state index >= 15 is 0 Å². The Morgan fingerprint density at radius 3 is 2.46 bits per heavy atom. The predicted molar refractivity (Wildman–Crippen MR) is 129 cm³/mol. The molecule has 2 fully saturated rings. The second-order valence-electron chi connectivity index (χ2n) is 9.52. The van der Waals surface area contributed by atoms with Crippen LogP contribution in [0.2, 0.25) is 0 Å². The van der Waals surface area contributed by atoms with Crippen LogP contribution in [0.3, 0.4) is 0 Å². The molecular weight excluding hydrogens is 528 g/mol. The Labute approximate surface area is 219 Å². The number of ether oxygens (including phenoxy) is 2. The Hall–Kier alpha value is -3.96. The SMILES string of the molecule is COc1ccccc1-c1ccc(N2CC(F)(F)C2)nc1CN1C(=O)OC(c2cc(F)cc(C(F)(F)F)c2)[C@@H]1C. The van der Waals surface area contributed by atoms with Gasteiger partial charge in [-0.25, -0.2) is 22.9 Å². The summed E-state index contributed by atoms with van der Waals surface area (Å²) in [5.41, 5.74) is 0.210. The van der Waals surface area contributed by atoms with Crippen LogP contribution >= 0.6 is 0 Å². The second-order valence-corrected chi connectivity index (χ2v) is 9.52. The van der Waals surface area contributed by atoms with E-state index in [0.717, 1.165) is 12.1 Å². The van der Waals surface area contributed by atoms with Crippen molar-refractivity contribution in [2.24, 2.45) is 0 Å². The average Bonchev–Trinajstić information content (AvgIpc) is 3.14. The molecule has 1 aromatic heterocycles. The lowest BCUT2D eigenvalue weighted by molar-refractivity contribution is -0.137. The van der Waals surface area contributed by atoms with Crippen molar-refractivity contribution >= 4 is 11.9 Å². The van der Waals surface area contributed by atoms with Gasteiger partial charge in [0.15, 0.2) is 0 Å². The van der Waals surface area contributed by atoms with Crippen LogP contribution in [0.25, 0.3) is 11.1 Å². The van der Waals surface area contributed by atoms with Crippen LogP contribution < -0.4 is 9.64 Å². The number of para-hydroxylation sites is 1. The van der Waals surface area contributed by atoms with Crippen molar-refractivity contribution < 1.29 is 40.6 Å². The van der Waals surface area contributed by atoms with Crippen molar-refractivity contribution in [3.8, 4) is 16.9 Å². The molecule has 2 aliphatic rings. The fourth-order valence-electron chi connectivity index (χ4n) is 4.83. The molecule has 2 saturated heterocycles. The lowest BCUT2D eigenvalue weighted by Crippen LogP contribution is -2.56. The first-order valence-corrected chi connectivity index (χ1v) is 12.0. The summed E-state index contributed by atoms with van der Waals surface area (Å²) >= 11 is 0. The largest absolute Gasteiger partial charge is 0.496 e. The predicted octanol–water partition coefficient (Wildman–Crippen LogP) is 6.45. The summed E-state index contributed by atoms with van der Waals surface area (Å²) in [5, 5.41) is 0. The molecule has 206 valence electrons. The van der Waals surface area contributed by atoms with Gasteiger partial charge in [0.1, 0.15) is 23.5 Å². The molecule has 6 nitrogen and oxygen atoms in total. The van der Waals surface area contributed by atoms with Gasteiger partial charge in [-0.3, -0.25) is 4.90 Å². The molecule has 2 atom stereocenters. The van der Waals surface area contributed by atoms with E-state index in [1.54, 1.807) is 43.3 Å². The van der Waals surface area contributed by atoms with E-state index in [1.807, 2.05) is 0 Å². The molecule has 2 aliphatic heterocycles. The third kappa shape index (κ3) is 5.19. The zero-order valence-electron chi connectivity index (χ0n) is 20.8. The van der Waals surface area contributed by atoms with E-state index in [9.17, 15) is 31.1 Å². The number of carbonyl (C=O) groups is 1. The minimum absolute atomic E-state index is 0.139. The van der Waals surface area contributed by atoms with Crippen molar-refractivity contribution in [3.05, 3.63) is 77.2 Å². The normalized spacial score (nSPS) is 20.6. The first-order chi connectivity index (χ1) is 18.4. The summed E-state index contributed by atoms with van der Waals surface area (Å²) < 4.78 is 91.8. The molecule has 39 heavy (non-hydrogen) atoms. The first-order valence-electron chi connectivity index (χ1n) is 12.0. The molecule has 0 saturated carbocycles. The summed E-state index contributed by atoms with van der Waals surface area (Å²) in [5.74, 6) is -3.14. The number of benzene rings is 2. The van der Waals surface area contributed by atoms with E-state index < -0.39 is 54.8 Å². The molecule has 1 amide bonds. The van der Waals surface area contributed by atoms with Crippen LogP contribution in [-0.2, 0) is 17.5 Å². The molecule has 0 spiro atoms. The fourth-order valence-corrected chi connectivity index (χ4v) is 4.83. The quantitative estimate of drug-likeness (QED) is 0.330. The number of hydrogen-bond acceptors (Lipinski definition) is 5. The molecule has 0 bridgehead atoms. The smallest absolute Gasteiger partial charge is 0.416 e. The number of amides is 1. The number of nitrogens with zero attached hydrogens (tertiary/aromatic N) is 3. The van der Waals surface area contributed by atoms with Gasteiger partial charge in [0.2, 0.25) is 0 Å². The number of halogens is 6. The Kier molecular flexibility index (Phi) is 6.59. The maximum absolute atomic E-state index is 14.1. The van der Waals surface area contributed by atoms with Gasteiger partial charge in [-0.05, 0) is 48.9 Å². The van der Waals surface area contributed by atoms with E-state index in [-0.39, 0.29) is 17.9 Å². The van der Waals surface area contributed by atoms with Crippen LogP contribution in [-0.4, -0.2) is 48.1 Å². The first kappa shape index (κ1) is 26.6. The van der Waals surface area contributed by atoms with E-state index in [1.165, 1.54) is 16.9 Å². The van der Waals surface area contributed by atoms with Crippen molar-refractivity contribution in [3.63, 3.8) is 0 Å². The van der Waals surface area contributed by atoms with Crippen LogP contribution in [0.5, 0.6) is 5.75 Å². The number of alkyl halides is 5. The Morgan fingerprint density at radius 2 is 1.79 bits per heavy atom. The molecule has 5 rings (SSSR count). The molecule has 12 heteroatoms. The minimum atomic E-state index is -4.79. The molecule has 1 unspecified atom stereocenters. The number of anilines is 1. The topological polar surface area (TPSA) is 54.9 Å². The molecule has 3 heterocycles. The highest BCUT2D eigenvalue weighted by Crippen LogP contribution is 2.40. The van der Waals surface area contributed by atoms with Crippen LogP contribution in [0.1, 0.15) is 29.8 Å². The van der Waals surface area contributed by atoms with Gasteiger partial charge in [-0.15, -0.1) is 0 Å². The van der Waals surface area contributed by atoms with Gasteiger partial charge in [0, 0.05) is 11.1 Å². The highest BCUT2D eigenvalue weighted by molar-refractivity contribution is 5.75. The van der Waals surface area contributed by atoms with E-state index in [4.69, 9.17) is 9.47 Å². The molecule has 3 aromatic rings. The summed E-state index contributed by atoms with van der Waals surface area (Å²) in [6.45, 7) is 0.414. The van der Waals surface area contributed by atoms with E-state index in [2.05, 4.69) is 4.98 Å². The average molecular weight is 551 g/mol. The van der Waals surface area contributed by atoms with Crippen molar-refractivity contribution in [1.29, 1.82) is 0 Å². The Bertz CT molecular complexity index is 1410. The molecular formula is C27H23F6N3O3. The van der Waals surface area contributed by atoms with Gasteiger partial charge < -0.3 is 14.4 Å². The Balaban J connectivity index is 1.50. The standard InChI is InChI=1S/C27H23F6N3O3/c1-15-24(16-9-17(27(31,32)33)11-18(28)10-16)39-25(37)36(15)12-21-19(20-5-3-4-6-22(20)38-2)7-8-23(34-21)35-13-26(29,30)14-35/h3-11,15,24H,12-14H2,1-2H3/t15-,24?/m0/s1. The van der Waals surface area contributed by atoms with Crippen molar-refractivity contribution in [2.75, 3.05) is 25.1 Å². The van der Waals surface area contributed by atoms with Crippen molar-refractivity contribution in [1.82, 2.24) is 9.88 Å². The maximum atomic E-state index is 14.1. The third-order valence-electron chi connectivity index (χ3n) is 6.81. The number of aromatic nitrogens is 1. The van der Waals surface area contributed by atoms with E-state index in [0.29, 0.717) is 28.6 Å². The lowest BCUT2D eigenvalue weighted by atomic mass is 9.99. The number of methoxy groups -OCH3 is 1. The highest BCUT2D eigenvalue weighted by Gasteiger charge is 2.45. The Morgan fingerprint density at radius 1 is 1.08 bits per heavy atom. The van der Waals surface area contributed by atoms with Crippen LogP contribution in [0.15, 0.2) is 54.6 Å². The summed E-state index contributed by atoms with van der Waals surface area (Å²) in [6.07, 6.45) is -6.80. The maximum Gasteiger partial charge on any atom is 0.416 e. The molecule has 2 aromatic carbocycles. The van der Waals surface area contributed by atoms with Gasteiger partial charge in [-0.2, -0.15) is 13.2 Å². The number of rotatable bonds is 6. The zero-order valence-corrected chi connectivity index (χ0v) is 20.8. The number of hydrogen-bond donors (Lipinski definition) is 0. The highest BCUT2D eigenvalue weighted by atomic mass is 19.4. The third-order valence-corrected chi connectivity index (χ3v) is 6.81. The van der Waals surface area contributed by atoms with Crippen LogP contribution in [0.4, 0.5) is 37.0 Å². The monoisotopic (exact) mass is 551 g/mol. The number of carbonyl (C=O) groups excluding carboxylic acids is 1. The van der Waals surface area contributed by atoms with Crippen molar-refractivity contribution in [2.45, 2.75) is 37.7 Å². The lowest BCUT2D eigenvalue weighted by Gasteiger charge is -2.39. The van der Waals surface area contributed by atoms with Gasteiger partial charge in [-0.1, -0.05) is 18.2 Å². The second kappa shape index (κ2) is 9.65.